The molecular formula is C18H22F3NO5. The van der Waals surface area contributed by atoms with Crippen LogP contribution in [0.3, 0.4) is 0 Å². The van der Waals surface area contributed by atoms with E-state index in [2.05, 4.69) is 0 Å². The number of rotatable bonds is 7. The second-order valence-corrected chi connectivity index (χ2v) is 6.95. The summed E-state index contributed by atoms with van der Waals surface area (Å²) < 4.78 is 42.4. The monoisotopic (exact) mass is 389 g/mol. The third-order valence-electron chi connectivity index (χ3n) is 3.31. The Labute approximate surface area is 154 Å². The van der Waals surface area contributed by atoms with Gasteiger partial charge in [0, 0.05) is 12.1 Å². The van der Waals surface area contributed by atoms with Gasteiger partial charge >= 0.3 is 24.0 Å². The number of carboxylic acids is 1. The topological polar surface area (TPSA) is 92.7 Å². The Hall–Kier alpha value is -2.58. The number of aliphatic carboxylic acids is 1. The van der Waals surface area contributed by atoms with E-state index in [1.54, 1.807) is 26.1 Å². The number of nitrogens with one attached hydrogen (secondary N) is 1. The van der Waals surface area contributed by atoms with Crippen molar-refractivity contribution in [1.82, 2.24) is 0 Å². The van der Waals surface area contributed by atoms with Gasteiger partial charge in [-0.25, -0.2) is 0 Å². The molecule has 9 heteroatoms. The lowest BCUT2D eigenvalue weighted by Gasteiger charge is -2.20. The number of carboxylic acid groups (broad SMARTS) is 1. The molecule has 0 atom stereocenters. The Balaban J connectivity index is 3.01. The zero-order valence-electron chi connectivity index (χ0n) is 15.3. The van der Waals surface area contributed by atoms with Gasteiger partial charge < -0.3 is 15.2 Å². The second-order valence-electron chi connectivity index (χ2n) is 6.95. The fourth-order valence-corrected chi connectivity index (χ4v) is 2.27. The molecular weight excluding hydrogens is 367 g/mol. The van der Waals surface area contributed by atoms with E-state index in [4.69, 9.17) is 9.84 Å². The quantitative estimate of drug-likeness (QED) is 0.697. The minimum atomic E-state index is -5.03. The van der Waals surface area contributed by atoms with Crippen LogP contribution in [0.2, 0.25) is 0 Å². The number of hydrogen-bond donors (Lipinski definition) is 2. The number of alkyl halides is 3. The number of carbonyl (C=O) groups excluding carboxylic acids is 2. The minimum Gasteiger partial charge on any atom is -0.481 e. The summed E-state index contributed by atoms with van der Waals surface area (Å²) in [5, 5.41) is 10.5. The SMILES string of the molecule is CC(C)(C)OC(=O)Cc1ccc(NC(=O)C(F)(F)F)cc1CCCC(=O)O. The highest BCUT2D eigenvalue weighted by Gasteiger charge is 2.38. The van der Waals surface area contributed by atoms with Crippen LogP contribution in [-0.2, 0) is 32.0 Å². The fourth-order valence-electron chi connectivity index (χ4n) is 2.27. The van der Waals surface area contributed by atoms with Gasteiger partial charge in [-0.15, -0.1) is 0 Å². The first-order chi connectivity index (χ1) is 12.3. The van der Waals surface area contributed by atoms with Crippen molar-refractivity contribution in [3.05, 3.63) is 29.3 Å². The number of amides is 1. The summed E-state index contributed by atoms with van der Waals surface area (Å²) in [6, 6.07) is 3.99. The van der Waals surface area contributed by atoms with E-state index in [-0.39, 0.29) is 31.4 Å². The van der Waals surface area contributed by atoms with E-state index in [1.165, 1.54) is 18.2 Å². The number of aryl methyl sites for hydroxylation is 1. The maximum absolute atomic E-state index is 12.4. The molecule has 0 saturated heterocycles. The molecule has 1 aromatic carbocycles. The summed E-state index contributed by atoms with van der Waals surface area (Å²) in [5.74, 6) is -3.64. The molecule has 1 rings (SSSR count). The van der Waals surface area contributed by atoms with E-state index < -0.39 is 29.6 Å². The van der Waals surface area contributed by atoms with Crippen LogP contribution in [0.1, 0.15) is 44.7 Å². The molecule has 0 aliphatic heterocycles. The van der Waals surface area contributed by atoms with Crippen LogP contribution < -0.4 is 5.32 Å². The molecule has 0 fully saturated rings. The minimum absolute atomic E-state index is 0.0874. The lowest BCUT2D eigenvalue weighted by atomic mass is 9.98. The van der Waals surface area contributed by atoms with Gasteiger partial charge in [-0.2, -0.15) is 13.2 Å². The highest BCUT2D eigenvalue weighted by molar-refractivity contribution is 5.95. The van der Waals surface area contributed by atoms with E-state index in [0.29, 0.717) is 11.1 Å². The number of carbonyl (C=O) groups is 3. The van der Waals surface area contributed by atoms with Crippen molar-refractivity contribution in [2.24, 2.45) is 0 Å². The average molecular weight is 389 g/mol. The van der Waals surface area contributed by atoms with Crippen LogP contribution in [0, 0.1) is 0 Å². The van der Waals surface area contributed by atoms with Crippen molar-refractivity contribution in [1.29, 1.82) is 0 Å². The highest BCUT2D eigenvalue weighted by Crippen LogP contribution is 2.23. The lowest BCUT2D eigenvalue weighted by Crippen LogP contribution is -2.30. The van der Waals surface area contributed by atoms with Crippen molar-refractivity contribution in [2.75, 3.05) is 5.32 Å². The third kappa shape index (κ3) is 8.57. The summed E-state index contributed by atoms with van der Waals surface area (Å²) >= 11 is 0. The van der Waals surface area contributed by atoms with Gasteiger partial charge in [0.2, 0.25) is 0 Å². The van der Waals surface area contributed by atoms with Crippen LogP contribution in [-0.4, -0.2) is 34.7 Å². The van der Waals surface area contributed by atoms with Gasteiger partial charge in [-0.1, -0.05) is 6.07 Å². The van der Waals surface area contributed by atoms with Crippen LogP contribution >= 0.6 is 0 Å². The molecule has 0 aromatic heterocycles. The number of benzene rings is 1. The first kappa shape index (κ1) is 22.5. The summed E-state index contributed by atoms with van der Waals surface area (Å²) in [6.45, 7) is 5.11. The van der Waals surface area contributed by atoms with Crippen LogP contribution in [0.5, 0.6) is 0 Å². The normalized spacial score (nSPS) is 11.8. The van der Waals surface area contributed by atoms with Crippen LogP contribution in [0.4, 0.5) is 18.9 Å². The molecule has 0 aliphatic carbocycles. The molecule has 2 N–H and O–H groups in total. The number of ether oxygens (including phenoxy) is 1. The maximum atomic E-state index is 12.4. The number of esters is 1. The Bertz CT molecular complexity index is 708. The van der Waals surface area contributed by atoms with E-state index >= 15 is 0 Å². The van der Waals surface area contributed by atoms with Gasteiger partial charge in [0.25, 0.3) is 0 Å². The highest BCUT2D eigenvalue weighted by atomic mass is 19.4. The molecule has 0 heterocycles. The van der Waals surface area contributed by atoms with Gasteiger partial charge in [0.15, 0.2) is 0 Å². The molecule has 1 aromatic rings. The third-order valence-corrected chi connectivity index (χ3v) is 3.31. The molecule has 0 aliphatic rings. The standard InChI is InChI=1S/C18H22F3NO5/c1-17(2,3)27-15(25)10-12-7-8-13(22-16(26)18(19,20)21)9-11(12)5-4-6-14(23)24/h7-9H,4-6,10H2,1-3H3,(H,22,26)(H,23,24). The largest absolute Gasteiger partial charge is 0.481 e. The Morgan fingerprint density at radius 3 is 2.26 bits per heavy atom. The van der Waals surface area contributed by atoms with E-state index in [1.807, 2.05) is 0 Å². The van der Waals surface area contributed by atoms with E-state index in [9.17, 15) is 27.6 Å². The van der Waals surface area contributed by atoms with Crippen LogP contribution in [0.15, 0.2) is 18.2 Å². The molecule has 6 nitrogen and oxygen atoms in total. The average Bonchev–Trinajstić information content (AvgIpc) is 2.46. The molecule has 27 heavy (non-hydrogen) atoms. The van der Waals surface area contributed by atoms with Gasteiger partial charge in [-0.05, 0) is 56.9 Å². The van der Waals surface area contributed by atoms with Crippen molar-refractivity contribution in [2.45, 2.75) is 58.2 Å². The van der Waals surface area contributed by atoms with E-state index in [0.717, 1.165) is 0 Å². The predicted octanol–water partition coefficient (Wildman–Crippen LogP) is 3.48. The molecule has 0 saturated carbocycles. The Morgan fingerprint density at radius 2 is 1.74 bits per heavy atom. The molecule has 0 unspecified atom stereocenters. The van der Waals surface area contributed by atoms with Crippen molar-refractivity contribution in [3.8, 4) is 0 Å². The molecule has 0 bridgehead atoms. The number of hydrogen-bond acceptors (Lipinski definition) is 4. The maximum Gasteiger partial charge on any atom is 0.471 e. The van der Waals surface area contributed by atoms with Crippen LogP contribution in [0.25, 0.3) is 0 Å². The van der Waals surface area contributed by atoms with Gasteiger partial charge in [0.1, 0.15) is 5.60 Å². The number of anilines is 1. The summed E-state index contributed by atoms with van der Waals surface area (Å²) in [5.41, 5.74) is 0.193. The lowest BCUT2D eigenvalue weighted by molar-refractivity contribution is -0.167. The zero-order chi connectivity index (χ0) is 20.8. The Morgan fingerprint density at radius 1 is 1.11 bits per heavy atom. The first-order valence-electron chi connectivity index (χ1n) is 8.21. The summed E-state index contributed by atoms with van der Waals surface area (Å²) in [6.07, 6.45) is -4.83. The van der Waals surface area contributed by atoms with Crippen molar-refractivity contribution < 1.29 is 37.4 Å². The van der Waals surface area contributed by atoms with Crippen molar-refractivity contribution >= 4 is 23.5 Å². The molecule has 0 radical (unpaired) electrons. The van der Waals surface area contributed by atoms with Crippen molar-refractivity contribution in [3.63, 3.8) is 0 Å². The first-order valence-corrected chi connectivity index (χ1v) is 8.21. The van der Waals surface area contributed by atoms with Gasteiger partial charge in [-0.3, -0.25) is 14.4 Å². The van der Waals surface area contributed by atoms with Gasteiger partial charge in [0.05, 0.1) is 6.42 Å². The molecule has 0 spiro atoms. The predicted molar refractivity (Wildman–Crippen MR) is 91.2 cm³/mol. The fraction of sp³-hybridized carbons (Fsp3) is 0.500. The smallest absolute Gasteiger partial charge is 0.471 e. The summed E-state index contributed by atoms with van der Waals surface area (Å²) in [7, 11) is 0. The molecule has 150 valence electrons. The summed E-state index contributed by atoms with van der Waals surface area (Å²) in [4.78, 5) is 33.8. The second kappa shape index (κ2) is 8.88. The number of halogens is 3. The molecule has 1 amide bonds. The zero-order valence-corrected chi connectivity index (χ0v) is 15.3. The Kier molecular flexibility index (Phi) is 7.38.